The maximum absolute atomic E-state index is 11.5. The Morgan fingerprint density at radius 1 is 1.56 bits per heavy atom. The van der Waals surface area contributed by atoms with Crippen molar-refractivity contribution in [1.82, 2.24) is 9.55 Å². The van der Waals surface area contributed by atoms with E-state index >= 15 is 0 Å². The molecule has 2 heterocycles. The summed E-state index contributed by atoms with van der Waals surface area (Å²) < 4.78 is 12.9. The van der Waals surface area contributed by atoms with Crippen molar-refractivity contribution in [2.24, 2.45) is 0 Å². The van der Waals surface area contributed by atoms with Crippen molar-refractivity contribution in [1.29, 1.82) is 0 Å². The molecule has 18 heavy (non-hydrogen) atoms. The molecule has 0 spiro atoms. The Kier molecular flexibility index (Phi) is 3.71. The second-order valence-corrected chi connectivity index (χ2v) is 5.55. The van der Waals surface area contributed by atoms with Crippen molar-refractivity contribution in [2.45, 2.75) is 51.9 Å². The highest BCUT2D eigenvalue weighted by molar-refractivity contribution is 5.71. The summed E-state index contributed by atoms with van der Waals surface area (Å²) in [4.78, 5) is 15.8. The van der Waals surface area contributed by atoms with Crippen LogP contribution in [0.5, 0.6) is 0 Å². The second kappa shape index (κ2) is 5.10. The SMILES string of the molecule is CC(C)(C)OC(=O)CO[C@H]1CCc2nccn2C1. The Morgan fingerprint density at radius 2 is 2.33 bits per heavy atom. The van der Waals surface area contributed by atoms with Crippen molar-refractivity contribution >= 4 is 5.97 Å². The van der Waals surface area contributed by atoms with Gasteiger partial charge in [-0.15, -0.1) is 0 Å². The number of carbonyl (C=O) groups excluding carboxylic acids is 1. The summed E-state index contributed by atoms with van der Waals surface area (Å²) >= 11 is 0. The molecule has 100 valence electrons. The van der Waals surface area contributed by atoms with Crippen LogP contribution >= 0.6 is 0 Å². The summed E-state index contributed by atoms with van der Waals surface area (Å²) in [5.74, 6) is 0.783. The van der Waals surface area contributed by atoms with Gasteiger partial charge in [0.2, 0.25) is 0 Å². The van der Waals surface area contributed by atoms with Gasteiger partial charge in [0.15, 0.2) is 0 Å². The molecule has 0 fully saturated rings. The number of fused-ring (bicyclic) bond motifs is 1. The van der Waals surface area contributed by atoms with Crippen molar-refractivity contribution in [3.8, 4) is 0 Å². The number of hydrogen-bond acceptors (Lipinski definition) is 4. The van der Waals surface area contributed by atoms with Crippen molar-refractivity contribution in [3.05, 3.63) is 18.2 Å². The number of imidazole rings is 1. The molecule has 1 aromatic heterocycles. The average Bonchev–Trinajstić information content (AvgIpc) is 2.71. The highest BCUT2D eigenvalue weighted by Gasteiger charge is 2.22. The molecule has 0 saturated carbocycles. The van der Waals surface area contributed by atoms with Crippen LogP contribution in [0.25, 0.3) is 0 Å². The lowest BCUT2D eigenvalue weighted by Crippen LogP contribution is -2.31. The molecule has 0 amide bonds. The van der Waals surface area contributed by atoms with Crippen LogP contribution in [0.2, 0.25) is 0 Å². The van der Waals surface area contributed by atoms with Crippen LogP contribution in [0.3, 0.4) is 0 Å². The van der Waals surface area contributed by atoms with Crippen LogP contribution in [0.4, 0.5) is 0 Å². The van der Waals surface area contributed by atoms with Gasteiger partial charge in [-0.3, -0.25) is 0 Å². The maximum Gasteiger partial charge on any atom is 0.332 e. The molecule has 0 saturated heterocycles. The third-order valence-electron chi connectivity index (χ3n) is 2.75. The molecule has 2 rings (SSSR count). The first kappa shape index (κ1) is 13.1. The lowest BCUT2D eigenvalue weighted by molar-refractivity contribution is -0.162. The van der Waals surface area contributed by atoms with E-state index in [0.29, 0.717) is 0 Å². The van der Waals surface area contributed by atoms with Gasteiger partial charge in [-0.05, 0) is 27.2 Å². The Bertz CT molecular complexity index is 420. The Balaban J connectivity index is 1.77. The van der Waals surface area contributed by atoms with E-state index in [2.05, 4.69) is 9.55 Å². The van der Waals surface area contributed by atoms with Crippen molar-refractivity contribution in [2.75, 3.05) is 6.61 Å². The largest absolute Gasteiger partial charge is 0.458 e. The highest BCUT2D eigenvalue weighted by Crippen LogP contribution is 2.16. The van der Waals surface area contributed by atoms with Gasteiger partial charge in [-0.25, -0.2) is 9.78 Å². The third kappa shape index (κ3) is 3.57. The molecular weight excluding hydrogens is 232 g/mol. The number of nitrogens with zero attached hydrogens (tertiary/aromatic N) is 2. The van der Waals surface area contributed by atoms with Crippen LogP contribution in [0, 0.1) is 0 Å². The van der Waals surface area contributed by atoms with E-state index in [1.165, 1.54) is 0 Å². The fourth-order valence-electron chi connectivity index (χ4n) is 2.03. The normalized spacial score (nSPS) is 19.4. The minimum absolute atomic E-state index is 0.0198. The second-order valence-electron chi connectivity index (χ2n) is 5.55. The van der Waals surface area contributed by atoms with Crippen molar-refractivity contribution in [3.63, 3.8) is 0 Å². The minimum atomic E-state index is -0.454. The lowest BCUT2D eigenvalue weighted by atomic mass is 10.1. The first-order valence-electron chi connectivity index (χ1n) is 6.27. The van der Waals surface area contributed by atoms with Gasteiger partial charge in [-0.1, -0.05) is 0 Å². The van der Waals surface area contributed by atoms with Gasteiger partial charge in [0.25, 0.3) is 0 Å². The minimum Gasteiger partial charge on any atom is -0.458 e. The predicted octanol–water partition coefficient (Wildman–Crippen LogP) is 1.56. The number of carbonyl (C=O) groups is 1. The van der Waals surface area contributed by atoms with Gasteiger partial charge >= 0.3 is 5.97 Å². The van der Waals surface area contributed by atoms with Crippen LogP contribution in [-0.4, -0.2) is 33.8 Å². The van der Waals surface area contributed by atoms with E-state index in [0.717, 1.165) is 25.2 Å². The van der Waals surface area contributed by atoms with E-state index < -0.39 is 5.60 Å². The molecule has 5 heteroatoms. The van der Waals surface area contributed by atoms with Gasteiger partial charge in [-0.2, -0.15) is 0 Å². The summed E-state index contributed by atoms with van der Waals surface area (Å²) in [5.41, 5.74) is -0.454. The van der Waals surface area contributed by atoms with Crippen LogP contribution in [0.1, 0.15) is 33.0 Å². The topological polar surface area (TPSA) is 53.4 Å². The first-order valence-corrected chi connectivity index (χ1v) is 6.27. The maximum atomic E-state index is 11.5. The molecule has 0 aliphatic carbocycles. The molecule has 0 unspecified atom stereocenters. The molecule has 0 radical (unpaired) electrons. The summed E-state index contributed by atoms with van der Waals surface area (Å²) in [6, 6.07) is 0. The third-order valence-corrected chi connectivity index (χ3v) is 2.75. The van der Waals surface area contributed by atoms with Gasteiger partial charge in [0, 0.05) is 18.8 Å². The monoisotopic (exact) mass is 252 g/mol. The number of hydrogen-bond donors (Lipinski definition) is 0. The smallest absolute Gasteiger partial charge is 0.332 e. The predicted molar refractivity (Wildman–Crippen MR) is 66.1 cm³/mol. The summed E-state index contributed by atoms with van der Waals surface area (Å²) in [6.07, 6.45) is 5.61. The number of ether oxygens (including phenoxy) is 2. The zero-order valence-corrected chi connectivity index (χ0v) is 11.2. The lowest BCUT2D eigenvalue weighted by Gasteiger charge is -2.25. The van der Waals surface area contributed by atoms with E-state index in [1.807, 2.05) is 27.0 Å². The van der Waals surface area contributed by atoms with Gasteiger partial charge in [0.1, 0.15) is 18.0 Å². The van der Waals surface area contributed by atoms with Crippen LogP contribution in [0.15, 0.2) is 12.4 Å². The zero-order chi connectivity index (χ0) is 13.2. The fraction of sp³-hybridized carbons (Fsp3) is 0.692. The summed E-state index contributed by atoms with van der Waals surface area (Å²) in [7, 11) is 0. The summed E-state index contributed by atoms with van der Waals surface area (Å²) in [5, 5.41) is 0. The molecule has 1 aromatic rings. The first-order chi connectivity index (χ1) is 8.44. The molecule has 1 atom stereocenters. The van der Waals surface area contributed by atoms with E-state index in [1.54, 1.807) is 6.20 Å². The number of esters is 1. The van der Waals surface area contributed by atoms with Crippen molar-refractivity contribution < 1.29 is 14.3 Å². The van der Waals surface area contributed by atoms with Gasteiger partial charge < -0.3 is 14.0 Å². The zero-order valence-electron chi connectivity index (χ0n) is 11.2. The van der Waals surface area contributed by atoms with E-state index in [4.69, 9.17) is 9.47 Å². The van der Waals surface area contributed by atoms with Gasteiger partial charge in [0.05, 0.1) is 12.6 Å². The Labute approximate surface area is 107 Å². The number of aryl methyl sites for hydroxylation is 1. The number of rotatable bonds is 3. The molecule has 0 aromatic carbocycles. The van der Waals surface area contributed by atoms with E-state index in [9.17, 15) is 4.79 Å². The fourth-order valence-corrected chi connectivity index (χ4v) is 2.03. The standard InChI is InChI=1S/C13H20N2O3/c1-13(2,3)18-12(16)9-17-10-4-5-11-14-6-7-15(11)8-10/h6-7,10H,4-5,8-9H2,1-3H3/t10-/m0/s1. The molecule has 0 N–H and O–H groups in total. The quantitative estimate of drug-likeness (QED) is 0.766. The molecule has 0 bridgehead atoms. The average molecular weight is 252 g/mol. The number of aromatic nitrogens is 2. The molecule has 1 aliphatic heterocycles. The van der Waals surface area contributed by atoms with E-state index in [-0.39, 0.29) is 18.7 Å². The molecular formula is C13H20N2O3. The van der Waals surface area contributed by atoms with Crippen LogP contribution < -0.4 is 0 Å². The summed E-state index contributed by atoms with van der Waals surface area (Å²) in [6.45, 7) is 6.33. The van der Waals surface area contributed by atoms with Crippen LogP contribution in [-0.2, 0) is 27.2 Å². The molecule has 5 nitrogen and oxygen atoms in total. The Hall–Kier alpha value is -1.36. The highest BCUT2D eigenvalue weighted by atomic mass is 16.6. The molecule has 1 aliphatic rings. The Morgan fingerprint density at radius 3 is 3.06 bits per heavy atom.